The predicted octanol–water partition coefficient (Wildman–Crippen LogP) is 0.435. The molecule has 0 spiro atoms. The van der Waals surface area contributed by atoms with Gasteiger partial charge in [0.2, 0.25) is 5.91 Å². The number of hydrogen-bond donors (Lipinski definition) is 2. The normalized spacial score (nSPS) is 23.6. The van der Waals surface area contributed by atoms with Crippen molar-refractivity contribution < 1.29 is 19.1 Å². The molecule has 5 nitrogen and oxygen atoms in total. The maximum absolute atomic E-state index is 11.5. The van der Waals surface area contributed by atoms with Crippen molar-refractivity contribution in [2.24, 2.45) is 0 Å². The smallest absolute Gasteiger partial charge is 0.336 e. The van der Waals surface area contributed by atoms with E-state index in [1.54, 1.807) is 0 Å². The summed E-state index contributed by atoms with van der Waals surface area (Å²) >= 11 is 3.99. The Morgan fingerprint density at radius 3 is 2.62 bits per heavy atom. The molecule has 1 aliphatic rings. The van der Waals surface area contributed by atoms with E-state index in [-0.39, 0.29) is 12.3 Å². The maximum atomic E-state index is 11.5. The second kappa shape index (κ2) is 6.52. The van der Waals surface area contributed by atoms with Crippen LogP contribution in [0.4, 0.5) is 0 Å². The van der Waals surface area contributed by atoms with Crippen LogP contribution >= 0.6 is 12.6 Å². The largest absolute Gasteiger partial charge is 0.392 e. The molecule has 1 fully saturated rings. The van der Waals surface area contributed by atoms with Crippen LogP contribution in [-0.4, -0.2) is 29.6 Å². The minimum atomic E-state index is -0.757. The van der Waals surface area contributed by atoms with Crippen LogP contribution in [0, 0.1) is 0 Å². The first-order valence-electron chi connectivity index (χ1n) is 5.28. The highest BCUT2D eigenvalue weighted by Gasteiger charge is 2.24. The number of amides is 1. The Hall–Kier alpha value is -1.04. The third-order valence-electron chi connectivity index (χ3n) is 2.29. The molecular formula is C10H15NO4S. The quantitative estimate of drug-likeness (QED) is 0.420. The van der Waals surface area contributed by atoms with Crippen molar-refractivity contribution in [3.05, 3.63) is 0 Å². The maximum Gasteiger partial charge on any atom is 0.336 e. The first-order valence-corrected chi connectivity index (χ1v) is 5.91. The van der Waals surface area contributed by atoms with Crippen LogP contribution in [0.2, 0.25) is 0 Å². The van der Waals surface area contributed by atoms with Crippen molar-refractivity contribution in [2.45, 2.75) is 38.1 Å². The molecule has 1 N–H and O–H groups in total. The fraction of sp³-hybridized carbons (Fsp3) is 0.700. The van der Waals surface area contributed by atoms with E-state index in [2.05, 4.69) is 22.7 Å². The molecule has 0 saturated carbocycles. The molecule has 0 bridgehead atoms. The third kappa shape index (κ3) is 4.22. The van der Waals surface area contributed by atoms with Gasteiger partial charge in [-0.05, 0) is 25.0 Å². The minimum Gasteiger partial charge on any atom is -0.392 e. The van der Waals surface area contributed by atoms with E-state index < -0.39 is 18.0 Å². The molecule has 0 radical (unpaired) electrons. The molecule has 1 amide bonds. The summed E-state index contributed by atoms with van der Waals surface area (Å²) in [5.41, 5.74) is 0. The van der Waals surface area contributed by atoms with Gasteiger partial charge in [-0.2, -0.15) is 12.6 Å². The third-order valence-corrected chi connectivity index (χ3v) is 2.54. The van der Waals surface area contributed by atoms with Crippen molar-refractivity contribution in [1.82, 2.24) is 5.32 Å². The van der Waals surface area contributed by atoms with Crippen LogP contribution in [0.25, 0.3) is 0 Å². The fourth-order valence-corrected chi connectivity index (χ4v) is 1.69. The molecule has 1 aliphatic heterocycles. The second-order valence-corrected chi connectivity index (χ2v) is 4.08. The Bertz CT molecular complexity index is 293. The first-order chi connectivity index (χ1) is 7.63. The van der Waals surface area contributed by atoms with Gasteiger partial charge in [-0.3, -0.25) is 9.59 Å². The van der Waals surface area contributed by atoms with Crippen molar-refractivity contribution in [3.8, 4) is 0 Å². The zero-order chi connectivity index (χ0) is 12.0. The number of cyclic esters (lactones) is 2. The summed E-state index contributed by atoms with van der Waals surface area (Å²) in [6, 6.07) is -0.757. The van der Waals surface area contributed by atoms with E-state index in [1.165, 1.54) is 0 Å². The SMILES string of the molecule is O=C1CCCCC(=O)OC(=O)[C@H](CCS)N1. The highest BCUT2D eigenvalue weighted by atomic mass is 32.1. The van der Waals surface area contributed by atoms with Crippen LogP contribution in [0.1, 0.15) is 32.1 Å². The zero-order valence-electron chi connectivity index (χ0n) is 8.90. The van der Waals surface area contributed by atoms with Gasteiger partial charge in [0.15, 0.2) is 0 Å². The molecule has 0 aromatic heterocycles. The van der Waals surface area contributed by atoms with Crippen molar-refractivity contribution in [1.29, 1.82) is 0 Å². The zero-order valence-corrected chi connectivity index (χ0v) is 9.79. The number of carbonyl (C=O) groups excluding carboxylic acids is 3. The summed E-state index contributed by atoms with van der Waals surface area (Å²) in [6.45, 7) is 0. The van der Waals surface area contributed by atoms with E-state index in [1.807, 2.05) is 0 Å². The minimum absolute atomic E-state index is 0.182. The van der Waals surface area contributed by atoms with Crippen molar-refractivity contribution >= 4 is 30.5 Å². The van der Waals surface area contributed by atoms with Gasteiger partial charge in [-0.15, -0.1) is 0 Å². The van der Waals surface area contributed by atoms with Gasteiger partial charge >= 0.3 is 11.9 Å². The Morgan fingerprint density at radius 1 is 1.25 bits per heavy atom. The summed E-state index contributed by atoms with van der Waals surface area (Å²) in [4.78, 5) is 34.0. The van der Waals surface area contributed by atoms with Gasteiger partial charge < -0.3 is 10.1 Å². The number of rotatable bonds is 2. The van der Waals surface area contributed by atoms with Crippen LogP contribution in [0.3, 0.4) is 0 Å². The number of hydrogen-bond acceptors (Lipinski definition) is 5. The molecule has 0 aliphatic carbocycles. The van der Waals surface area contributed by atoms with Gasteiger partial charge in [0.1, 0.15) is 6.04 Å². The van der Waals surface area contributed by atoms with Gasteiger partial charge in [0, 0.05) is 12.8 Å². The number of carbonyl (C=O) groups is 3. The van der Waals surface area contributed by atoms with Crippen molar-refractivity contribution in [2.75, 3.05) is 5.75 Å². The van der Waals surface area contributed by atoms with Crippen LogP contribution in [0.15, 0.2) is 0 Å². The Labute approximate surface area is 99.3 Å². The Balaban J connectivity index is 2.66. The Morgan fingerprint density at radius 2 is 1.94 bits per heavy atom. The molecule has 6 heteroatoms. The standard InChI is InChI=1S/C10H15NO4S/c12-8-3-1-2-4-9(13)15-10(14)7(11-8)5-6-16/h7,16H,1-6H2,(H,11,12)/t7-/m0/s1. The fourth-order valence-electron chi connectivity index (χ4n) is 1.43. The van der Waals surface area contributed by atoms with E-state index in [0.29, 0.717) is 31.4 Å². The monoisotopic (exact) mass is 245 g/mol. The summed E-state index contributed by atoms with van der Waals surface area (Å²) < 4.78 is 4.61. The molecule has 90 valence electrons. The molecule has 1 heterocycles. The summed E-state index contributed by atoms with van der Waals surface area (Å²) in [5.74, 6) is -0.952. The summed E-state index contributed by atoms with van der Waals surface area (Å²) in [6.07, 6.45) is 2.08. The summed E-state index contributed by atoms with van der Waals surface area (Å²) in [5, 5.41) is 2.54. The topological polar surface area (TPSA) is 72.5 Å². The lowest BCUT2D eigenvalue weighted by Crippen LogP contribution is -2.43. The van der Waals surface area contributed by atoms with E-state index in [4.69, 9.17) is 0 Å². The van der Waals surface area contributed by atoms with E-state index >= 15 is 0 Å². The Kier molecular flexibility index (Phi) is 5.31. The summed E-state index contributed by atoms with van der Waals surface area (Å²) in [7, 11) is 0. The van der Waals surface area contributed by atoms with Gasteiger partial charge in [-0.25, -0.2) is 4.79 Å². The van der Waals surface area contributed by atoms with Crippen LogP contribution in [-0.2, 0) is 19.1 Å². The lowest BCUT2D eigenvalue weighted by molar-refractivity contribution is -0.162. The first kappa shape index (κ1) is 13.0. The van der Waals surface area contributed by atoms with E-state index in [0.717, 1.165) is 0 Å². The number of esters is 2. The molecule has 16 heavy (non-hydrogen) atoms. The van der Waals surface area contributed by atoms with Crippen LogP contribution in [0.5, 0.6) is 0 Å². The average Bonchev–Trinajstić information content (AvgIpc) is 2.23. The number of nitrogens with one attached hydrogen (secondary N) is 1. The highest BCUT2D eigenvalue weighted by Crippen LogP contribution is 2.07. The molecule has 1 rings (SSSR count). The highest BCUT2D eigenvalue weighted by molar-refractivity contribution is 7.80. The van der Waals surface area contributed by atoms with Gasteiger partial charge in [-0.1, -0.05) is 0 Å². The van der Waals surface area contributed by atoms with Gasteiger partial charge in [0.05, 0.1) is 0 Å². The lowest BCUT2D eigenvalue weighted by Gasteiger charge is -2.17. The average molecular weight is 245 g/mol. The van der Waals surface area contributed by atoms with E-state index in [9.17, 15) is 14.4 Å². The second-order valence-electron chi connectivity index (χ2n) is 3.63. The van der Waals surface area contributed by atoms with Crippen LogP contribution < -0.4 is 5.32 Å². The molecule has 0 aromatic carbocycles. The molecule has 0 unspecified atom stereocenters. The molecule has 0 aromatic rings. The number of ether oxygens (including phenoxy) is 1. The molecule has 1 atom stereocenters. The lowest BCUT2D eigenvalue weighted by atomic mass is 10.1. The number of thiol groups is 1. The molecule has 1 saturated heterocycles. The predicted molar refractivity (Wildman–Crippen MR) is 60.0 cm³/mol. The van der Waals surface area contributed by atoms with Crippen molar-refractivity contribution in [3.63, 3.8) is 0 Å². The molecular weight excluding hydrogens is 230 g/mol. The van der Waals surface area contributed by atoms with Gasteiger partial charge in [0.25, 0.3) is 0 Å².